The number of aliphatic carboxylic acids is 1. The normalized spacial score (nSPS) is 11.9. The van der Waals surface area contributed by atoms with Gasteiger partial charge in [-0.05, 0) is 6.42 Å². The molecule has 5 heteroatoms. The van der Waals surface area contributed by atoms with Gasteiger partial charge >= 0.3 is 5.97 Å². The van der Waals surface area contributed by atoms with Crippen molar-refractivity contribution < 1.29 is 19.5 Å². The number of Topliss-reactive ketones (excluding diaryl/α,β-unsaturated/α-hetero) is 1. The lowest BCUT2D eigenvalue weighted by Crippen LogP contribution is -2.39. The van der Waals surface area contributed by atoms with Crippen LogP contribution < -0.4 is 5.32 Å². The zero-order valence-corrected chi connectivity index (χ0v) is 8.37. The van der Waals surface area contributed by atoms with Crippen LogP contribution in [0.15, 0.2) is 0 Å². The molecule has 0 aliphatic rings. The van der Waals surface area contributed by atoms with Gasteiger partial charge in [0.1, 0.15) is 11.8 Å². The first-order chi connectivity index (χ1) is 6.47. The summed E-state index contributed by atoms with van der Waals surface area (Å²) in [6, 6.07) is -0.956. The molecule has 80 valence electrons. The second-order valence-corrected chi connectivity index (χ2v) is 3.02. The summed E-state index contributed by atoms with van der Waals surface area (Å²) in [6.45, 7) is 2.97. The predicted octanol–water partition coefficient (Wildman–Crippen LogP) is 0.335. The van der Waals surface area contributed by atoms with E-state index in [4.69, 9.17) is 5.11 Å². The highest BCUT2D eigenvalue weighted by molar-refractivity contribution is 5.83. The van der Waals surface area contributed by atoms with Crippen LogP contribution in [0.2, 0.25) is 0 Å². The highest BCUT2D eigenvalue weighted by Crippen LogP contribution is 2.00. The van der Waals surface area contributed by atoms with E-state index in [1.807, 2.05) is 0 Å². The number of carbonyl (C=O) groups excluding carboxylic acids is 2. The van der Waals surface area contributed by atoms with E-state index >= 15 is 0 Å². The fourth-order valence-corrected chi connectivity index (χ4v) is 0.985. The molecule has 0 rings (SSSR count). The molecule has 14 heavy (non-hydrogen) atoms. The van der Waals surface area contributed by atoms with Crippen molar-refractivity contribution in [2.75, 3.05) is 0 Å². The van der Waals surface area contributed by atoms with Crippen LogP contribution >= 0.6 is 0 Å². The molecule has 0 aromatic rings. The third-order valence-corrected chi connectivity index (χ3v) is 1.78. The van der Waals surface area contributed by atoms with Gasteiger partial charge < -0.3 is 10.4 Å². The molecule has 0 unspecified atom stereocenters. The number of hydrogen-bond donors (Lipinski definition) is 2. The molecule has 0 fully saturated rings. The zero-order valence-electron chi connectivity index (χ0n) is 8.37. The van der Waals surface area contributed by atoms with Crippen molar-refractivity contribution in [3.63, 3.8) is 0 Å². The number of nitrogens with one attached hydrogen (secondary N) is 1. The number of carboxylic acid groups (broad SMARTS) is 1. The van der Waals surface area contributed by atoms with Crippen molar-refractivity contribution in [1.82, 2.24) is 5.32 Å². The average Bonchev–Trinajstić information content (AvgIpc) is 2.10. The molecule has 1 atom stereocenters. The van der Waals surface area contributed by atoms with Crippen molar-refractivity contribution in [3.8, 4) is 0 Å². The zero-order chi connectivity index (χ0) is 11.1. The molecule has 0 aromatic heterocycles. The summed E-state index contributed by atoms with van der Waals surface area (Å²) in [4.78, 5) is 32.1. The van der Waals surface area contributed by atoms with Crippen LogP contribution in [0.4, 0.5) is 0 Å². The minimum Gasteiger partial charge on any atom is -0.480 e. The lowest BCUT2D eigenvalue weighted by Gasteiger charge is -2.11. The Bertz CT molecular complexity index is 237. The molecule has 0 radical (unpaired) electrons. The Labute approximate surface area is 82.5 Å². The van der Waals surface area contributed by atoms with Crippen LogP contribution in [0.3, 0.4) is 0 Å². The van der Waals surface area contributed by atoms with E-state index in [2.05, 4.69) is 5.32 Å². The molecule has 0 saturated heterocycles. The summed E-state index contributed by atoms with van der Waals surface area (Å²) in [5, 5.41) is 10.9. The van der Waals surface area contributed by atoms with Crippen molar-refractivity contribution in [2.45, 2.75) is 39.2 Å². The maximum atomic E-state index is 10.9. The fraction of sp³-hybridized carbons (Fsp3) is 0.667. The third-order valence-electron chi connectivity index (χ3n) is 1.78. The van der Waals surface area contributed by atoms with Gasteiger partial charge in [-0.3, -0.25) is 9.59 Å². The van der Waals surface area contributed by atoms with E-state index in [9.17, 15) is 14.4 Å². The Morgan fingerprint density at radius 1 is 1.36 bits per heavy atom. The summed E-state index contributed by atoms with van der Waals surface area (Å²) in [5.41, 5.74) is 0. The quantitative estimate of drug-likeness (QED) is 0.648. The molecule has 0 aliphatic carbocycles. The van der Waals surface area contributed by atoms with Gasteiger partial charge in [0.25, 0.3) is 0 Å². The first kappa shape index (κ1) is 12.6. The molecule has 0 heterocycles. The molecule has 0 aliphatic heterocycles. The van der Waals surface area contributed by atoms with E-state index < -0.39 is 17.9 Å². The predicted molar refractivity (Wildman–Crippen MR) is 49.8 cm³/mol. The Morgan fingerprint density at radius 2 is 1.93 bits per heavy atom. The SMILES string of the molecule is CCC(=O)CC[C@@H](NC(C)=O)C(=O)O. The minimum atomic E-state index is -1.11. The Hall–Kier alpha value is -1.39. The van der Waals surface area contributed by atoms with E-state index in [0.717, 1.165) is 0 Å². The van der Waals surface area contributed by atoms with Crippen LogP contribution in [0, 0.1) is 0 Å². The highest BCUT2D eigenvalue weighted by atomic mass is 16.4. The van der Waals surface area contributed by atoms with Gasteiger partial charge in [0, 0.05) is 19.8 Å². The smallest absolute Gasteiger partial charge is 0.326 e. The first-order valence-electron chi connectivity index (χ1n) is 4.49. The molecule has 0 aromatic carbocycles. The molecular formula is C9H15NO4. The van der Waals surface area contributed by atoms with Crippen molar-refractivity contribution in [2.24, 2.45) is 0 Å². The Morgan fingerprint density at radius 3 is 2.29 bits per heavy atom. The Balaban J connectivity index is 4.04. The number of carboxylic acids is 1. The largest absolute Gasteiger partial charge is 0.480 e. The molecule has 0 bridgehead atoms. The highest BCUT2D eigenvalue weighted by Gasteiger charge is 2.18. The van der Waals surface area contributed by atoms with E-state index in [1.54, 1.807) is 6.92 Å². The van der Waals surface area contributed by atoms with Gasteiger partial charge in [-0.2, -0.15) is 0 Å². The molecule has 0 saturated carbocycles. The second kappa shape index (κ2) is 6.12. The summed E-state index contributed by atoms with van der Waals surface area (Å²) < 4.78 is 0. The molecular weight excluding hydrogens is 186 g/mol. The monoisotopic (exact) mass is 201 g/mol. The van der Waals surface area contributed by atoms with Crippen molar-refractivity contribution >= 4 is 17.7 Å². The topological polar surface area (TPSA) is 83.5 Å². The van der Waals surface area contributed by atoms with Gasteiger partial charge in [0.05, 0.1) is 0 Å². The first-order valence-corrected chi connectivity index (χ1v) is 4.49. The van der Waals surface area contributed by atoms with Crippen LogP contribution in [-0.2, 0) is 14.4 Å². The van der Waals surface area contributed by atoms with Gasteiger partial charge in [0.2, 0.25) is 5.91 Å². The van der Waals surface area contributed by atoms with Crippen molar-refractivity contribution in [3.05, 3.63) is 0 Å². The standard InChI is InChI=1S/C9H15NO4/c1-3-7(12)4-5-8(9(13)14)10-6(2)11/h8H,3-5H2,1-2H3,(H,10,11)(H,13,14)/t8-/m1/s1. The number of ketones is 1. The molecule has 2 N–H and O–H groups in total. The minimum absolute atomic E-state index is 0.00148. The van der Waals surface area contributed by atoms with Gasteiger partial charge in [-0.15, -0.1) is 0 Å². The average molecular weight is 201 g/mol. The summed E-state index contributed by atoms with van der Waals surface area (Å²) >= 11 is 0. The van der Waals surface area contributed by atoms with Crippen LogP contribution in [-0.4, -0.2) is 28.8 Å². The second-order valence-electron chi connectivity index (χ2n) is 3.02. The van der Waals surface area contributed by atoms with E-state index in [0.29, 0.717) is 6.42 Å². The van der Waals surface area contributed by atoms with E-state index in [1.165, 1.54) is 6.92 Å². The fourth-order valence-electron chi connectivity index (χ4n) is 0.985. The lowest BCUT2D eigenvalue weighted by atomic mass is 10.1. The summed E-state index contributed by atoms with van der Waals surface area (Å²) in [6.07, 6.45) is 0.738. The van der Waals surface area contributed by atoms with Crippen molar-refractivity contribution in [1.29, 1.82) is 0 Å². The molecule has 1 amide bonds. The van der Waals surface area contributed by atoms with Crippen LogP contribution in [0.25, 0.3) is 0 Å². The van der Waals surface area contributed by atoms with Gasteiger partial charge in [-0.25, -0.2) is 4.79 Å². The van der Waals surface area contributed by atoms with Gasteiger partial charge in [0.15, 0.2) is 0 Å². The summed E-state index contributed by atoms with van der Waals surface area (Å²) in [5.74, 6) is -1.51. The number of rotatable bonds is 6. The van der Waals surface area contributed by atoms with E-state index in [-0.39, 0.29) is 18.6 Å². The Kier molecular flexibility index (Phi) is 5.52. The summed E-state index contributed by atoms with van der Waals surface area (Å²) in [7, 11) is 0. The third kappa shape index (κ3) is 5.29. The van der Waals surface area contributed by atoms with Crippen LogP contribution in [0.1, 0.15) is 33.1 Å². The lowest BCUT2D eigenvalue weighted by molar-refractivity contribution is -0.141. The molecule has 5 nitrogen and oxygen atoms in total. The maximum absolute atomic E-state index is 10.9. The number of hydrogen-bond acceptors (Lipinski definition) is 3. The number of amides is 1. The van der Waals surface area contributed by atoms with Gasteiger partial charge in [-0.1, -0.05) is 6.92 Å². The maximum Gasteiger partial charge on any atom is 0.326 e. The molecule has 0 spiro atoms. The van der Waals surface area contributed by atoms with Crippen LogP contribution in [0.5, 0.6) is 0 Å². The number of carbonyl (C=O) groups is 3.